The van der Waals surface area contributed by atoms with Gasteiger partial charge in [0.15, 0.2) is 30.9 Å². The number of aliphatic hydroxyl groups excluding tert-OH is 14. The van der Waals surface area contributed by atoms with Crippen molar-refractivity contribution in [3.05, 3.63) is 12.2 Å². The first-order valence-corrected chi connectivity index (χ1v) is 27.1. The van der Waals surface area contributed by atoms with Crippen molar-refractivity contribution < 1.29 is 119 Å². The normalized spacial score (nSPS) is 57.0. The van der Waals surface area contributed by atoms with Gasteiger partial charge < -0.3 is 119 Å². The van der Waals surface area contributed by atoms with Gasteiger partial charge in [0.25, 0.3) is 0 Å². The van der Waals surface area contributed by atoms with E-state index in [0.717, 1.165) is 50.5 Å². The molecule has 4 aliphatic carbocycles. The van der Waals surface area contributed by atoms with Crippen LogP contribution in [-0.2, 0) is 47.4 Å². The first-order chi connectivity index (χ1) is 35.6. The van der Waals surface area contributed by atoms with Gasteiger partial charge in [-0.25, -0.2) is 0 Å². The van der Waals surface area contributed by atoms with E-state index in [-0.39, 0.29) is 28.8 Å². The molecule has 6 saturated heterocycles. The Labute approximate surface area is 434 Å². The first-order valence-electron chi connectivity index (χ1n) is 27.1. The van der Waals surface area contributed by atoms with E-state index in [2.05, 4.69) is 27.4 Å². The van der Waals surface area contributed by atoms with Crippen LogP contribution in [0.15, 0.2) is 12.2 Å². The zero-order chi connectivity index (χ0) is 53.8. The second-order valence-corrected chi connectivity index (χ2v) is 24.1. The van der Waals surface area contributed by atoms with E-state index in [1.54, 1.807) is 0 Å². The fourth-order valence-electron chi connectivity index (χ4n) is 16.0. The van der Waals surface area contributed by atoms with Crippen LogP contribution in [0.4, 0.5) is 0 Å². The van der Waals surface area contributed by atoms with Gasteiger partial charge in [-0.1, -0.05) is 32.9 Å². The minimum atomic E-state index is -2.06. The molecule has 0 unspecified atom stereocenters. The van der Waals surface area contributed by atoms with E-state index in [4.69, 9.17) is 47.4 Å². The summed E-state index contributed by atoms with van der Waals surface area (Å²) in [4.78, 5) is 0. The lowest BCUT2D eigenvalue weighted by Crippen LogP contribution is -2.69. The lowest BCUT2D eigenvalue weighted by Gasteiger charge is -2.62. The molecule has 6 heterocycles. The summed E-state index contributed by atoms with van der Waals surface area (Å²) < 4.78 is 61.1. The molecule has 24 nitrogen and oxygen atoms in total. The Bertz CT molecular complexity index is 1960. The molecule has 0 aromatic rings. The van der Waals surface area contributed by atoms with Crippen LogP contribution in [0, 0.1) is 46.3 Å². The Morgan fingerprint density at radius 1 is 0.547 bits per heavy atom. The van der Waals surface area contributed by atoms with Crippen molar-refractivity contribution in [3.63, 3.8) is 0 Å². The minimum Gasteiger partial charge on any atom is -0.394 e. The van der Waals surface area contributed by atoms with Crippen LogP contribution in [0.2, 0.25) is 0 Å². The largest absolute Gasteiger partial charge is 0.394 e. The quantitative estimate of drug-likeness (QED) is 0.0654. The standard InChI is InChI=1S/C51H82O24/c1-19-7-10-51(66-18-19)20(2)32-27(75-51)12-24-22-6-5-21-11-26(25(56)13-50(21,4)23(22)8-9-49(24,32)3)67-45-41(65)38(62)42(31(17-55)71-45)72-48-44(74-47-40(64)37(61)34(58)29(15-53)69-47)43(35(59)30(16-54)70-48)73-46-39(63)36(60)33(57)28(14-52)68-46/h20-48,52-65H,1,5-18H2,2-4H3/t20-,21-,22+,23-,24-,25+,26+,27-,28+,29+,30+,31+,32-,33-,34+,35+,36-,37-,38+,39+,40+,41+,42-,43-,44+,45+,46-,47-,48-,49-,50-,51+/m0/s1. The Morgan fingerprint density at radius 2 is 1.09 bits per heavy atom. The van der Waals surface area contributed by atoms with Gasteiger partial charge in [-0.2, -0.15) is 0 Å². The zero-order valence-electron chi connectivity index (χ0n) is 42.7. The molecule has 0 aromatic carbocycles. The molecule has 10 rings (SSSR count). The van der Waals surface area contributed by atoms with Gasteiger partial charge in [-0.15, -0.1) is 0 Å². The maximum Gasteiger partial charge on any atom is 0.187 e. The van der Waals surface area contributed by atoms with Crippen molar-refractivity contribution in [3.8, 4) is 0 Å². The molecule has 0 bridgehead atoms. The van der Waals surface area contributed by atoms with E-state index in [1.165, 1.54) is 0 Å². The highest BCUT2D eigenvalue weighted by Gasteiger charge is 2.70. The molecule has 14 N–H and O–H groups in total. The molecule has 4 saturated carbocycles. The Balaban J connectivity index is 0.832. The predicted octanol–water partition coefficient (Wildman–Crippen LogP) is -4.02. The Kier molecular flexibility index (Phi) is 16.7. The lowest BCUT2D eigenvalue weighted by molar-refractivity contribution is -0.407. The van der Waals surface area contributed by atoms with Crippen LogP contribution in [0.3, 0.4) is 0 Å². The molecule has 430 valence electrons. The summed E-state index contributed by atoms with van der Waals surface area (Å²) in [6.45, 7) is 8.22. The first kappa shape index (κ1) is 57.0. The highest BCUT2D eigenvalue weighted by atomic mass is 16.8. The molecular formula is C51H82O24. The van der Waals surface area contributed by atoms with E-state index in [9.17, 15) is 71.5 Å². The van der Waals surface area contributed by atoms with E-state index < -0.39 is 167 Å². The summed E-state index contributed by atoms with van der Waals surface area (Å²) in [6, 6.07) is 0. The van der Waals surface area contributed by atoms with Crippen molar-refractivity contribution in [2.45, 2.75) is 225 Å². The van der Waals surface area contributed by atoms with Gasteiger partial charge in [-0.05, 0) is 91.8 Å². The highest BCUT2D eigenvalue weighted by Crippen LogP contribution is 2.71. The maximum absolute atomic E-state index is 12.0. The summed E-state index contributed by atoms with van der Waals surface area (Å²) in [5, 5.41) is 152. The fraction of sp³-hybridized carbons (Fsp3) is 0.961. The predicted molar refractivity (Wildman–Crippen MR) is 250 cm³/mol. The molecule has 10 aliphatic rings. The van der Waals surface area contributed by atoms with Crippen LogP contribution in [0.5, 0.6) is 0 Å². The van der Waals surface area contributed by atoms with Crippen LogP contribution < -0.4 is 0 Å². The number of fused-ring (bicyclic) bond motifs is 7. The molecule has 6 aliphatic heterocycles. The summed E-state index contributed by atoms with van der Waals surface area (Å²) in [5.74, 6) is 1.55. The molecule has 0 amide bonds. The molecule has 75 heavy (non-hydrogen) atoms. The number of aliphatic hydroxyl groups is 14. The van der Waals surface area contributed by atoms with Crippen LogP contribution >= 0.6 is 0 Å². The van der Waals surface area contributed by atoms with Crippen LogP contribution in [0.1, 0.15) is 78.6 Å². The Morgan fingerprint density at radius 3 is 1.69 bits per heavy atom. The number of rotatable bonds is 12. The fourth-order valence-corrected chi connectivity index (χ4v) is 16.0. The smallest absolute Gasteiger partial charge is 0.187 e. The van der Waals surface area contributed by atoms with Crippen LogP contribution in [0.25, 0.3) is 0 Å². The van der Waals surface area contributed by atoms with Gasteiger partial charge in [0.1, 0.15) is 97.7 Å². The summed E-state index contributed by atoms with van der Waals surface area (Å²) in [5.41, 5.74) is 0.994. The van der Waals surface area contributed by atoms with E-state index >= 15 is 0 Å². The van der Waals surface area contributed by atoms with Crippen molar-refractivity contribution >= 4 is 0 Å². The van der Waals surface area contributed by atoms with Crippen molar-refractivity contribution in [1.29, 1.82) is 0 Å². The topological polar surface area (TPSA) is 376 Å². The molecule has 24 heteroatoms. The van der Waals surface area contributed by atoms with E-state index in [0.29, 0.717) is 43.1 Å². The monoisotopic (exact) mass is 1080 g/mol. The van der Waals surface area contributed by atoms with Gasteiger partial charge in [-0.3, -0.25) is 0 Å². The average Bonchev–Trinajstić information content (AvgIpc) is 3.84. The van der Waals surface area contributed by atoms with Crippen molar-refractivity contribution in [2.75, 3.05) is 33.0 Å². The molecule has 0 aromatic heterocycles. The molecule has 10 fully saturated rings. The second-order valence-electron chi connectivity index (χ2n) is 24.1. The molecule has 32 atom stereocenters. The maximum atomic E-state index is 12.0. The highest BCUT2D eigenvalue weighted by molar-refractivity contribution is 5.17. The summed E-state index contributed by atoms with van der Waals surface area (Å²) in [7, 11) is 0. The van der Waals surface area contributed by atoms with Crippen molar-refractivity contribution in [1.82, 2.24) is 0 Å². The van der Waals surface area contributed by atoms with Crippen LogP contribution in [-0.4, -0.2) is 251 Å². The third kappa shape index (κ3) is 9.71. The average molecular weight is 1080 g/mol. The summed E-state index contributed by atoms with van der Waals surface area (Å²) in [6.07, 6.45) is -30.8. The molecule has 0 radical (unpaired) electrons. The molecule has 1 spiro atoms. The van der Waals surface area contributed by atoms with Gasteiger partial charge >= 0.3 is 0 Å². The second kappa shape index (κ2) is 21.9. The number of ether oxygens (including phenoxy) is 10. The van der Waals surface area contributed by atoms with Crippen molar-refractivity contribution in [2.24, 2.45) is 46.3 Å². The number of hydrogen-bond acceptors (Lipinski definition) is 24. The summed E-state index contributed by atoms with van der Waals surface area (Å²) >= 11 is 0. The van der Waals surface area contributed by atoms with E-state index in [1.807, 2.05) is 0 Å². The SMILES string of the molecule is C=C1CC[C@@]2(OC1)O[C@H]1C[C@H]3[C@@H]4CC[C@H]5C[C@@H](O[C@@H]6O[C@H](CO)[C@H](O[C@@H]7O[C@H](CO)[C@@H](O)[C@H](O[C@@H]8O[C@H](CO)[C@H](O)[C@H](O)[C@H]8O)[C@H]7O[C@@H]7O[C@H](CO)[C@@H](O)[C@H](O)[C@H]7O)[C@H](O)[C@H]6O)[C@H](O)C[C@]5(C)[C@H]4CC[C@]3(C)[C@H]1[C@@H]2C. The number of hydrogen-bond donors (Lipinski definition) is 14. The third-order valence-electron chi connectivity index (χ3n) is 20.2. The molecular weight excluding hydrogens is 997 g/mol. The minimum absolute atomic E-state index is 0.0987. The van der Waals surface area contributed by atoms with Gasteiger partial charge in [0.05, 0.1) is 51.3 Å². The lowest BCUT2D eigenvalue weighted by atomic mass is 9.44. The third-order valence-corrected chi connectivity index (χ3v) is 20.2. The van der Waals surface area contributed by atoms with Gasteiger partial charge in [0.2, 0.25) is 0 Å². The zero-order valence-corrected chi connectivity index (χ0v) is 42.7. The van der Waals surface area contributed by atoms with Gasteiger partial charge in [0, 0.05) is 12.3 Å². The Hall–Kier alpha value is -1.22.